The number of para-hydroxylation sites is 1. The number of benzene rings is 1. The van der Waals surface area contributed by atoms with E-state index in [2.05, 4.69) is 13.8 Å². The number of furan rings is 1. The van der Waals surface area contributed by atoms with Crippen molar-refractivity contribution in [2.75, 3.05) is 0 Å². The van der Waals surface area contributed by atoms with E-state index in [1.54, 1.807) is 0 Å². The maximum atomic E-state index is 13.6. The molecule has 1 heterocycles. The van der Waals surface area contributed by atoms with Gasteiger partial charge in [-0.05, 0) is 104 Å². The Hall–Kier alpha value is -1.57. The van der Waals surface area contributed by atoms with Crippen molar-refractivity contribution in [2.45, 2.75) is 71.6 Å². The van der Waals surface area contributed by atoms with Gasteiger partial charge in [-0.25, -0.2) is 0 Å². The van der Waals surface area contributed by atoms with Crippen molar-refractivity contribution in [1.82, 2.24) is 0 Å². The average Bonchev–Trinajstić information content (AvgIpc) is 3.33. The molecule has 160 valence electrons. The summed E-state index contributed by atoms with van der Waals surface area (Å²) < 4.78 is 6.00. The number of hydrogen-bond donors (Lipinski definition) is 0. The summed E-state index contributed by atoms with van der Waals surface area (Å²) in [4.78, 5) is 13.6. The first-order valence-corrected chi connectivity index (χ1v) is 12.6. The van der Waals surface area contributed by atoms with Gasteiger partial charge in [-0.15, -0.1) is 0 Å². The van der Waals surface area contributed by atoms with Gasteiger partial charge in [0.1, 0.15) is 5.58 Å². The van der Waals surface area contributed by atoms with Crippen LogP contribution in [0.2, 0.25) is 0 Å². The van der Waals surface area contributed by atoms with Crippen LogP contribution in [0.4, 0.5) is 0 Å². The Bertz CT molecular complexity index is 923. The predicted octanol–water partition coefficient (Wildman–Crippen LogP) is 7.52. The second-order valence-corrected chi connectivity index (χ2v) is 11.5. The van der Waals surface area contributed by atoms with Gasteiger partial charge >= 0.3 is 0 Å². The van der Waals surface area contributed by atoms with Gasteiger partial charge in [0.15, 0.2) is 5.76 Å². The number of rotatable bonds is 2. The van der Waals surface area contributed by atoms with E-state index < -0.39 is 0 Å². The van der Waals surface area contributed by atoms with Crippen LogP contribution in [0.5, 0.6) is 0 Å². The van der Waals surface area contributed by atoms with Crippen LogP contribution in [0.3, 0.4) is 0 Å². The number of hydrogen-bond acceptors (Lipinski definition) is 2. The molecule has 0 bridgehead atoms. The van der Waals surface area contributed by atoms with E-state index in [4.69, 9.17) is 4.42 Å². The normalized spacial score (nSPS) is 43.1. The van der Waals surface area contributed by atoms with Crippen molar-refractivity contribution in [3.8, 4) is 0 Å². The van der Waals surface area contributed by atoms with Gasteiger partial charge < -0.3 is 4.42 Å². The molecule has 4 saturated carbocycles. The highest BCUT2D eigenvalue weighted by molar-refractivity contribution is 5.99. The first kappa shape index (κ1) is 19.1. The van der Waals surface area contributed by atoms with E-state index in [9.17, 15) is 4.79 Å². The van der Waals surface area contributed by atoms with Gasteiger partial charge in [0.25, 0.3) is 0 Å². The van der Waals surface area contributed by atoms with Gasteiger partial charge in [0.2, 0.25) is 5.78 Å². The zero-order valence-electron chi connectivity index (χ0n) is 18.6. The van der Waals surface area contributed by atoms with Crippen LogP contribution >= 0.6 is 0 Å². The minimum absolute atomic E-state index is 0.146. The summed E-state index contributed by atoms with van der Waals surface area (Å²) >= 11 is 0. The molecule has 4 fully saturated rings. The lowest BCUT2D eigenvalue weighted by Gasteiger charge is -2.56. The molecule has 4 aliphatic rings. The highest BCUT2D eigenvalue weighted by atomic mass is 16.3. The molecule has 0 amide bonds. The fourth-order valence-electron chi connectivity index (χ4n) is 8.79. The van der Waals surface area contributed by atoms with E-state index in [-0.39, 0.29) is 17.1 Å². The quantitative estimate of drug-likeness (QED) is 0.484. The van der Waals surface area contributed by atoms with Crippen LogP contribution in [-0.4, -0.2) is 5.78 Å². The number of carbonyl (C=O) groups is 1. The standard InChI is InChI=1S/C28H36O2/c1-17-7-9-20-18(15-17)8-10-22-21(20)13-14-28(2)23(22)11-12-24(28)27(29)26-16-19-5-3-4-6-25(19)30-26/h3-6,16-18,20-24H,7-15H2,1-2H3. The average molecular weight is 405 g/mol. The molecule has 2 heteroatoms. The number of carbonyl (C=O) groups excluding carboxylic acids is 1. The molecule has 30 heavy (non-hydrogen) atoms. The van der Waals surface area contributed by atoms with Crippen LogP contribution in [0.15, 0.2) is 34.7 Å². The fourth-order valence-corrected chi connectivity index (χ4v) is 8.79. The van der Waals surface area contributed by atoms with Crippen molar-refractivity contribution in [3.63, 3.8) is 0 Å². The molecular weight excluding hydrogens is 368 g/mol. The predicted molar refractivity (Wildman–Crippen MR) is 120 cm³/mol. The van der Waals surface area contributed by atoms with Gasteiger partial charge in [0.05, 0.1) is 0 Å². The molecule has 0 aliphatic heterocycles. The summed E-state index contributed by atoms with van der Waals surface area (Å²) in [6, 6.07) is 10.00. The zero-order chi connectivity index (χ0) is 20.5. The Morgan fingerprint density at radius 3 is 2.67 bits per heavy atom. The maximum Gasteiger partial charge on any atom is 0.201 e. The minimum Gasteiger partial charge on any atom is -0.453 e. The summed E-state index contributed by atoms with van der Waals surface area (Å²) in [6.45, 7) is 4.92. The Morgan fingerprint density at radius 2 is 1.80 bits per heavy atom. The van der Waals surface area contributed by atoms with Gasteiger partial charge in [0, 0.05) is 11.3 Å². The van der Waals surface area contributed by atoms with E-state index in [1.807, 2.05) is 30.3 Å². The Morgan fingerprint density at radius 1 is 0.967 bits per heavy atom. The second kappa shape index (κ2) is 6.97. The summed E-state index contributed by atoms with van der Waals surface area (Å²) in [6.07, 6.45) is 12.2. The molecule has 0 saturated heterocycles. The molecule has 4 aliphatic carbocycles. The molecular formula is C28H36O2. The van der Waals surface area contributed by atoms with E-state index >= 15 is 0 Å². The molecule has 8 unspecified atom stereocenters. The Kier molecular flexibility index (Phi) is 4.45. The van der Waals surface area contributed by atoms with E-state index in [0.29, 0.717) is 5.76 Å². The SMILES string of the molecule is CC1CCC2C(CCC3C2CCC2(C)C(C(=O)c4cc5ccccc5o4)CCC32)C1. The van der Waals surface area contributed by atoms with Crippen LogP contribution in [0, 0.1) is 46.8 Å². The zero-order valence-corrected chi connectivity index (χ0v) is 18.6. The molecule has 1 aromatic carbocycles. The van der Waals surface area contributed by atoms with Crippen molar-refractivity contribution >= 4 is 16.8 Å². The summed E-state index contributed by atoms with van der Waals surface area (Å²) in [5.74, 6) is 6.48. The van der Waals surface area contributed by atoms with E-state index in [0.717, 1.165) is 52.9 Å². The Labute approximate surface area is 180 Å². The number of fused-ring (bicyclic) bond motifs is 6. The fraction of sp³-hybridized carbons (Fsp3) is 0.679. The first-order chi connectivity index (χ1) is 14.5. The van der Waals surface area contributed by atoms with Crippen LogP contribution in [0.25, 0.3) is 11.0 Å². The second-order valence-electron chi connectivity index (χ2n) is 11.5. The number of Topliss-reactive ketones (excluding diaryl/α,β-unsaturated/α-hetero) is 1. The summed E-state index contributed by atoms with van der Waals surface area (Å²) in [5, 5.41) is 1.05. The molecule has 0 radical (unpaired) electrons. The topological polar surface area (TPSA) is 30.2 Å². The smallest absolute Gasteiger partial charge is 0.201 e. The molecule has 0 spiro atoms. The van der Waals surface area contributed by atoms with Gasteiger partial charge in [-0.3, -0.25) is 4.79 Å². The van der Waals surface area contributed by atoms with E-state index in [1.165, 1.54) is 51.4 Å². The van der Waals surface area contributed by atoms with Gasteiger partial charge in [-0.2, -0.15) is 0 Å². The maximum absolute atomic E-state index is 13.6. The third-order valence-electron chi connectivity index (χ3n) is 10.2. The third-order valence-corrected chi connectivity index (χ3v) is 10.2. The number of ketones is 1. The van der Waals surface area contributed by atoms with Crippen LogP contribution in [-0.2, 0) is 0 Å². The molecule has 2 aromatic rings. The first-order valence-electron chi connectivity index (χ1n) is 12.6. The molecule has 2 nitrogen and oxygen atoms in total. The minimum atomic E-state index is 0.146. The highest BCUT2D eigenvalue weighted by Gasteiger charge is 2.58. The molecule has 8 atom stereocenters. The third kappa shape index (κ3) is 2.78. The van der Waals surface area contributed by atoms with Crippen molar-refractivity contribution in [2.24, 2.45) is 46.8 Å². The molecule has 0 N–H and O–H groups in total. The lowest BCUT2D eigenvalue weighted by atomic mass is 9.49. The summed E-state index contributed by atoms with van der Waals surface area (Å²) in [5.41, 5.74) is 1.01. The van der Waals surface area contributed by atoms with Crippen LogP contribution < -0.4 is 0 Å². The molecule has 1 aromatic heterocycles. The van der Waals surface area contributed by atoms with Crippen molar-refractivity contribution in [3.05, 3.63) is 36.1 Å². The van der Waals surface area contributed by atoms with Gasteiger partial charge in [-0.1, -0.05) is 38.5 Å². The van der Waals surface area contributed by atoms with Crippen LogP contribution in [0.1, 0.15) is 82.2 Å². The Balaban J connectivity index is 1.25. The highest BCUT2D eigenvalue weighted by Crippen LogP contribution is 2.64. The van der Waals surface area contributed by atoms with Crippen molar-refractivity contribution < 1.29 is 9.21 Å². The summed E-state index contributed by atoms with van der Waals surface area (Å²) in [7, 11) is 0. The monoisotopic (exact) mass is 404 g/mol. The van der Waals surface area contributed by atoms with Crippen molar-refractivity contribution in [1.29, 1.82) is 0 Å². The largest absolute Gasteiger partial charge is 0.453 e. The lowest BCUT2D eigenvalue weighted by molar-refractivity contribution is -0.0636. The lowest BCUT2D eigenvalue weighted by Crippen LogP contribution is -2.49. The molecule has 6 rings (SSSR count).